The van der Waals surface area contributed by atoms with Gasteiger partial charge in [0.1, 0.15) is 11.8 Å². The van der Waals surface area contributed by atoms with E-state index in [4.69, 9.17) is 40.2 Å². The van der Waals surface area contributed by atoms with Crippen LogP contribution in [0.1, 0.15) is 23.5 Å². The Bertz CT molecular complexity index is 1310. The van der Waals surface area contributed by atoms with Crippen molar-refractivity contribution in [2.45, 2.75) is 12.1 Å². The molecule has 1 aliphatic rings. The van der Waals surface area contributed by atoms with Crippen molar-refractivity contribution in [1.82, 2.24) is 14.9 Å². The molecule has 33 heavy (non-hydrogen) atoms. The van der Waals surface area contributed by atoms with E-state index in [9.17, 15) is 0 Å². The quantitative estimate of drug-likeness (QED) is 0.326. The Kier molecular flexibility index (Phi) is 5.98. The van der Waals surface area contributed by atoms with Crippen molar-refractivity contribution in [3.8, 4) is 11.4 Å². The van der Waals surface area contributed by atoms with E-state index < -0.39 is 0 Å². The van der Waals surface area contributed by atoms with Gasteiger partial charge in [-0.2, -0.15) is 0 Å². The second kappa shape index (κ2) is 9.06. The zero-order chi connectivity index (χ0) is 22.9. The zero-order valence-corrected chi connectivity index (χ0v) is 20.0. The summed E-state index contributed by atoms with van der Waals surface area (Å²) in [6, 6.07) is 22.9. The highest BCUT2D eigenvalue weighted by molar-refractivity contribution is 7.80. The number of hydrogen-bond acceptors (Lipinski definition) is 3. The average Bonchev–Trinajstić information content (AvgIpc) is 3.43. The van der Waals surface area contributed by atoms with Gasteiger partial charge in [-0.15, -0.1) is 0 Å². The van der Waals surface area contributed by atoms with E-state index >= 15 is 0 Å². The molecule has 5 nitrogen and oxygen atoms in total. The number of pyridine rings is 1. The number of anilines is 1. The number of hydrogen-bond donors (Lipinski definition) is 1. The van der Waals surface area contributed by atoms with Crippen LogP contribution in [0.25, 0.3) is 5.69 Å². The molecule has 166 valence electrons. The molecule has 1 saturated heterocycles. The van der Waals surface area contributed by atoms with E-state index in [1.165, 1.54) is 0 Å². The molecule has 0 radical (unpaired) electrons. The summed E-state index contributed by atoms with van der Waals surface area (Å²) in [4.78, 5) is 6.71. The molecular formula is C25H20Cl2N4OS. The molecule has 2 aromatic carbocycles. The third-order valence-corrected chi connectivity index (χ3v) is 6.55. The first kappa shape index (κ1) is 21.8. The van der Waals surface area contributed by atoms with Gasteiger partial charge in [0.15, 0.2) is 5.11 Å². The van der Waals surface area contributed by atoms with Gasteiger partial charge in [-0.05, 0) is 66.8 Å². The van der Waals surface area contributed by atoms with Gasteiger partial charge in [0.25, 0.3) is 0 Å². The molecule has 8 heteroatoms. The zero-order valence-electron chi connectivity index (χ0n) is 17.7. The summed E-state index contributed by atoms with van der Waals surface area (Å²) in [5, 5.41) is 5.22. The maximum atomic E-state index is 6.59. The molecular weight excluding hydrogens is 475 g/mol. The summed E-state index contributed by atoms with van der Waals surface area (Å²) in [7, 11) is 1.66. The summed E-state index contributed by atoms with van der Waals surface area (Å²) in [5.74, 6) is 0.732. The first-order valence-corrected chi connectivity index (χ1v) is 11.5. The molecule has 0 amide bonds. The number of methoxy groups -OCH3 is 1. The summed E-state index contributed by atoms with van der Waals surface area (Å²) < 4.78 is 7.74. The van der Waals surface area contributed by atoms with Crippen LogP contribution in [0.5, 0.6) is 5.75 Å². The largest absolute Gasteiger partial charge is 0.495 e. The molecule has 1 N–H and O–H groups in total. The number of para-hydroxylation sites is 2. The van der Waals surface area contributed by atoms with E-state index in [0.717, 1.165) is 28.5 Å². The molecule has 4 aromatic rings. The van der Waals surface area contributed by atoms with Gasteiger partial charge in [-0.1, -0.05) is 41.4 Å². The van der Waals surface area contributed by atoms with Crippen molar-refractivity contribution in [3.05, 3.63) is 107 Å². The van der Waals surface area contributed by atoms with Gasteiger partial charge in [-0.25, -0.2) is 0 Å². The van der Waals surface area contributed by atoms with Crippen molar-refractivity contribution in [2.24, 2.45) is 0 Å². The third-order valence-electron chi connectivity index (χ3n) is 5.70. The highest BCUT2D eigenvalue weighted by atomic mass is 35.5. The highest BCUT2D eigenvalue weighted by Gasteiger charge is 2.43. The summed E-state index contributed by atoms with van der Waals surface area (Å²) in [5.41, 5.74) is 3.58. The Balaban J connectivity index is 1.70. The number of nitrogens with zero attached hydrogens (tertiary/aromatic N) is 3. The Morgan fingerprint density at radius 1 is 0.970 bits per heavy atom. The molecule has 0 spiro atoms. The van der Waals surface area contributed by atoms with Crippen LogP contribution in [-0.2, 0) is 0 Å². The van der Waals surface area contributed by atoms with Crippen LogP contribution in [-0.4, -0.2) is 21.8 Å². The molecule has 0 saturated carbocycles. The molecule has 2 atom stereocenters. The van der Waals surface area contributed by atoms with Crippen molar-refractivity contribution in [3.63, 3.8) is 0 Å². The van der Waals surface area contributed by atoms with Gasteiger partial charge in [0.05, 0.1) is 35.2 Å². The first-order valence-electron chi connectivity index (χ1n) is 10.3. The van der Waals surface area contributed by atoms with Gasteiger partial charge >= 0.3 is 0 Å². The van der Waals surface area contributed by atoms with Gasteiger partial charge < -0.3 is 19.5 Å². The topological polar surface area (TPSA) is 42.3 Å². The minimum atomic E-state index is -0.217. The lowest BCUT2D eigenvalue weighted by Gasteiger charge is -2.30. The van der Waals surface area contributed by atoms with Crippen LogP contribution in [0.4, 0.5) is 5.69 Å². The molecule has 3 heterocycles. The Morgan fingerprint density at radius 2 is 1.79 bits per heavy atom. The van der Waals surface area contributed by atoms with E-state index in [0.29, 0.717) is 15.2 Å². The Morgan fingerprint density at radius 3 is 2.55 bits per heavy atom. The molecule has 2 unspecified atom stereocenters. The second-order valence-corrected chi connectivity index (χ2v) is 8.80. The standard InChI is InChI=1S/C25H20Cl2N4OS/c1-32-22-10-3-2-8-20(22)31-24(23(29-25(31)33)18-7-4-5-13-28-18)21-9-6-14-30(21)19-12-11-16(26)15-17(19)27/h2-15,23-24H,1H3,(H,29,33). The smallest absolute Gasteiger partial charge is 0.174 e. The van der Waals surface area contributed by atoms with E-state index in [-0.39, 0.29) is 12.1 Å². The number of ether oxygens (including phenoxy) is 1. The summed E-state index contributed by atoms with van der Waals surface area (Å²) in [6.45, 7) is 0. The van der Waals surface area contributed by atoms with E-state index in [2.05, 4.69) is 25.8 Å². The molecule has 1 fully saturated rings. The number of aromatic nitrogens is 2. The monoisotopic (exact) mass is 494 g/mol. The maximum Gasteiger partial charge on any atom is 0.174 e. The predicted octanol–water partition coefficient (Wildman–Crippen LogP) is 6.36. The fourth-order valence-electron chi connectivity index (χ4n) is 4.27. The molecule has 2 aromatic heterocycles. The lowest BCUT2D eigenvalue weighted by Crippen LogP contribution is -2.30. The van der Waals surface area contributed by atoms with E-state index in [1.807, 2.05) is 66.9 Å². The predicted molar refractivity (Wildman–Crippen MR) is 137 cm³/mol. The minimum Gasteiger partial charge on any atom is -0.495 e. The SMILES string of the molecule is COc1ccccc1N1C(=S)NC(c2ccccn2)C1c1cccn1-c1ccc(Cl)cc1Cl. The van der Waals surface area contributed by atoms with Crippen LogP contribution in [0, 0.1) is 0 Å². The Hall–Kier alpha value is -3.06. The molecule has 0 bridgehead atoms. The number of rotatable bonds is 5. The van der Waals surface area contributed by atoms with Gasteiger partial charge in [-0.3, -0.25) is 4.98 Å². The van der Waals surface area contributed by atoms with Gasteiger partial charge in [0, 0.05) is 23.1 Å². The molecule has 1 aliphatic heterocycles. The van der Waals surface area contributed by atoms with Crippen molar-refractivity contribution < 1.29 is 4.74 Å². The second-order valence-electron chi connectivity index (χ2n) is 7.57. The lowest BCUT2D eigenvalue weighted by atomic mass is 10.0. The number of nitrogens with one attached hydrogen (secondary N) is 1. The Labute approximate surface area is 207 Å². The third kappa shape index (κ3) is 3.95. The van der Waals surface area contributed by atoms with Crippen LogP contribution < -0.4 is 15.0 Å². The number of benzene rings is 2. The molecule has 5 rings (SSSR count). The maximum absolute atomic E-state index is 6.59. The normalized spacial score (nSPS) is 17.8. The van der Waals surface area contributed by atoms with Crippen LogP contribution in [0.2, 0.25) is 10.0 Å². The number of thiocarbonyl (C=S) groups is 1. The highest BCUT2D eigenvalue weighted by Crippen LogP contribution is 2.45. The van der Waals surface area contributed by atoms with Crippen molar-refractivity contribution in [2.75, 3.05) is 12.0 Å². The summed E-state index contributed by atoms with van der Waals surface area (Å²) in [6.07, 6.45) is 3.78. The van der Waals surface area contributed by atoms with E-state index in [1.54, 1.807) is 19.4 Å². The molecule has 0 aliphatic carbocycles. The fraction of sp³-hybridized carbons (Fsp3) is 0.120. The lowest BCUT2D eigenvalue weighted by molar-refractivity contribution is 0.414. The number of halogens is 2. The first-order chi connectivity index (χ1) is 16.1. The fourth-order valence-corrected chi connectivity index (χ4v) is 5.11. The van der Waals surface area contributed by atoms with Crippen molar-refractivity contribution >= 4 is 46.2 Å². The van der Waals surface area contributed by atoms with Crippen molar-refractivity contribution in [1.29, 1.82) is 0 Å². The van der Waals surface area contributed by atoms with Gasteiger partial charge in [0.2, 0.25) is 0 Å². The van der Waals surface area contributed by atoms with Crippen LogP contribution in [0.3, 0.4) is 0 Å². The van der Waals surface area contributed by atoms with Crippen LogP contribution in [0.15, 0.2) is 85.2 Å². The minimum absolute atomic E-state index is 0.191. The van der Waals surface area contributed by atoms with Crippen LogP contribution >= 0.6 is 35.4 Å². The summed E-state index contributed by atoms with van der Waals surface area (Å²) >= 11 is 18.6. The average molecular weight is 495 g/mol.